The van der Waals surface area contributed by atoms with E-state index in [2.05, 4.69) is 14.9 Å². The third kappa shape index (κ3) is 4.19. The lowest BCUT2D eigenvalue weighted by Crippen LogP contribution is -2.40. The van der Waals surface area contributed by atoms with Crippen molar-refractivity contribution in [3.8, 4) is 11.5 Å². The van der Waals surface area contributed by atoms with Crippen LogP contribution in [0.2, 0.25) is 0 Å². The summed E-state index contributed by atoms with van der Waals surface area (Å²) in [6.45, 7) is 4.89. The molecule has 1 aliphatic heterocycles. The quantitative estimate of drug-likeness (QED) is 0.620. The Kier molecular flexibility index (Phi) is 5.54. The molecule has 0 spiro atoms. The summed E-state index contributed by atoms with van der Waals surface area (Å²) in [7, 11) is -4.05. The SMILES string of the molecule is Cc1ccc(NS(=O)(=O)c2cc(-c3[nH]ncc3C(=O)N3CCOCC3)oc2C)cc1F. The molecule has 3 aromatic rings. The van der Waals surface area contributed by atoms with E-state index in [-0.39, 0.29) is 39.3 Å². The first-order valence-corrected chi connectivity index (χ1v) is 11.0. The normalized spacial score (nSPS) is 14.6. The van der Waals surface area contributed by atoms with Gasteiger partial charge in [-0.1, -0.05) is 6.07 Å². The zero-order chi connectivity index (χ0) is 22.2. The van der Waals surface area contributed by atoms with Gasteiger partial charge in [0.15, 0.2) is 5.76 Å². The molecule has 0 aliphatic carbocycles. The maximum Gasteiger partial charge on any atom is 0.265 e. The summed E-state index contributed by atoms with van der Waals surface area (Å²) in [6.07, 6.45) is 1.38. The number of anilines is 1. The number of aryl methyl sites for hydroxylation is 2. The molecule has 0 saturated carbocycles. The first-order chi connectivity index (χ1) is 14.8. The number of halogens is 1. The fraction of sp³-hybridized carbons (Fsp3) is 0.300. The Morgan fingerprint density at radius 3 is 2.68 bits per heavy atom. The van der Waals surface area contributed by atoms with Crippen LogP contribution in [0.15, 0.2) is 39.8 Å². The Labute approximate surface area is 178 Å². The second-order valence-electron chi connectivity index (χ2n) is 7.16. The molecule has 1 saturated heterocycles. The number of morpholine rings is 1. The molecular formula is C20H21FN4O5S. The number of hydrogen-bond acceptors (Lipinski definition) is 6. The fourth-order valence-electron chi connectivity index (χ4n) is 3.29. The highest BCUT2D eigenvalue weighted by Gasteiger charge is 2.27. The van der Waals surface area contributed by atoms with E-state index in [4.69, 9.17) is 9.15 Å². The van der Waals surface area contributed by atoms with E-state index >= 15 is 0 Å². The molecule has 0 atom stereocenters. The summed E-state index contributed by atoms with van der Waals surface area (Å²) in [5, 5.41) is 6.64. The highest BCUT2D eigenvalue weighted by Crippen LogP contribution is 2.31. The number of aromatic nitrogens is 2. The molecule has 0 radical (unpaired) electrons. The molecule has 4 rings (SSSR count). The van der Waals surface area contributed by atoms with Crippen LogP contribution in [-0.2, 0) is 14.8 Å². The van der Waals surface area contributed by atoms with E-state index in [0.29, 0.717) is 31.9 Å². The Hall–Kier alpha value is -3.18. The minimum absolute atomic E-state index is 0.0926. The van der Waals surface area contributed by atoms with Crippen molar-refractivity contribution in [2.75, 3.05) is 31.0 Å². The molecule has 1 fully saturated rings. The van der Waals surface area contributed by atoms with Crippen LogP contribution in [0.4, 0.5) is 10.1 Å². The van der Waals surface area contributed by atoms with Gasteiger partial charge in [-0.15, -0.1) is 0 Å². The lowest BCUT2D eigenvalue weighted by atomic mass is 10.2. The minimum atomic E-state index is -4.05. The highest BCUT2D eigenvalue weighted by molar-refractivity contribution is 7.92. The molecule has 0 unspecified atom stereocenters. The van der Waals surface area contributed by atoms with Gasteiger partial charge in [-0.25, -0.2) is 12.8 Å². The van der Waals surface area contributed by atoms with Crippen LogP contribution >= 0.6 is 0 Å². The number of sulfonamides is 1. The Bertz CT molecular complexity index is 1230. The number of nitrogens with zero attached hydrogens (tertiary/aromatic N) is 2. The molecular weight excluding hydrogens is 427 g/mol. The van der Waals surface area contributed by atoms with Gasteiger partial charge >= 0.3 is 0 Å². The van der Waals surface area contributed by atoms with Gasteiger partial charge in [-0.05, 0) is 31.5 Å². The Morgan fingerprint density at radius 1 is 1.23 bits per heavy atom. The van der Waals surface area contributed by atoms with E-state index in [1.807, 2.05) is 0 Å². The number of hydrogen-bond donors (Lipinski definition) is 2. The second kappa shape index (κ2) is 8.16. The monoisotopic (exact) mass is 448 g/mol. The number of rotatable bonds is 5. The molecule has 1 amide bonds. The summed E-state index contributed by atoms with van der Waals surface area (Å²) in [5.41, 5.74) is 1.05. The third-order valence-electron chi connectivity index (χ3n) is 5.00. The molecule has 31 heavy (non-hydrogen) atoms. The average Bonchev–Trinajstić information content (AvgIpc) is 3.37. The highest BCUT2D eigenvalue weighted by atomic mass is 32.2. The zero-order valence-corrected chi connectivity index (χ0v) is 17.8. The van der Waals surface area contributed by atoms with Crippen molar-refractivity contribution in [1.82, 2.24) is 15.1 Å². The van der Waals surface area contributed by atoms with Gasteiger partial charge in [0, 0.05) is 19.2 Å². The number of benzene rings is 1. The number of carbonyl (C=O) groups is 1. The van der Waals surface area contributed by atoms with Gasteiger partial charge < -0.3 is 14.1 Å². The van der Waals surface area contributed by atoms with E-state index in [1.54, 1.807) is 11.8 Å². The lowest BCUT2D eigenvalue weighted by molar-refractivity contribution is 0.0303. The number of amides is 1. The maximum atomic E-state index is 13.8. The predicted molar refractivity (Wildman–Crippen MR) is 110 cm³/mol. The van der Waals surface area contributed by atoms with E-state index < -0.39 is 15.8 Å². The minimum Gasteiger partial charge on any atom is -0.458 e. The molecule has 11 heteroatoms. The zero-order valence-electron chi connectivity index (χ0n) is 16.9. The number of furan rings is 1. The predicted octanol–water partition coefficient (Wildman–Crippen LogP) is 2.70. The molecule has 9 nitrogen and oxygen atoms in total. The van der Waals surface area contributed by atoms with Crippen LogP contribution in [0, 0.1) is 19.7 Å². The summed E-state index contributed by atoms with van der Waals surface area (Å²) >= 11 is 0. The molecule has 1 aliphatic rings. The molecule has 2 N–H and O–H groups in total. The van der Waals surface area contributed by atoms with Crippen LogP contribution in [0.3, 0.4) is 0 Å². The van der Waals surface area contributed by atoms with Crippen molar-refractivity contribution < 1.29 is 26.8 Å². The number of nitrogens with one attached hydrogen (secondary N) is 2. The van der Waals surface area contributed by atoms with E-state index in [0.717, 1.165) is 6.07 Å². The van der Waals surface area contributed by atoms with Gasteiger partial charge in [0.2, 0.25) is 0 Å². The number of aromatic amines is 1. The summed E-state index contributed by atoms with van der Waals surface area (Å²) in [4.78, 5) is 14.4. The van der Waals surface area contributed by atoms with Crippen LogP contribution in [0.5, 0.6) is 0 Å². The number of ether oxygens (including phenoxy) is 1. The van der Waals surface area contributed by atoms with Gasteiger partial charge in [-0.3, -0.25) is 14.6 Å². The van der Waals surface area contributed by atoms with E-state index in [9.17, 15) is 17.6 Å². The number of carbonyl (C=O) groups excluding carboxylic acids is 1. The first-order valence-electron chi connectivity index (χ1n) is 9.56. The van der Waals surface area contributed by atoms with Crippen LogP contribution < -0.4 is 4.72 Å². The molecule has 3 heterocycles. The standard InChI is InChI=1S/C20H21FN4O5S/c1-12-3-4-14(9-16(12)21)24-31(27,28)18-10-17(30-13(18)2)19-15(11-22-23-19)20(26)25-5-7-29-8-6-25/h3-4,9-11,24H,5-8H2,1-2H3,(H,22,23). The van der Waals surface area contributed by atoms with Crippen molar-refractivity contribution >= 4 is 21.6 Å². The van der Waals surface area contributed by atoms with Gasteiger partial charge in [0.25, 0.3) is 15.9 Å². The topological polar surface area (TPSA) is 118 Å². The van der Waals surface area contributed by atoms with Crippen molar-refractivity contribution in [1.29, 1.82) is 0 Å². The van der Waals surface area contributed by atoms with Crippen molar-refractivity contribution in [2.45, 2.75) is 18.7 Å². The van der Waals surface area contributed by atoms with Crippen LogP contribution in [-0.4, -0.2) is 55.7 Å². The van der Waals surface area contributed by atoms with Crippen LogP contribution in [0.25, 0.3) is 11.5 Å². The Balaban J connectivity index is 1.63. The first kappa shape index (κ1) is 21.1. The van der Waals surface area contributed by atoms with Crippen molar-refractivity contribution in [3.05, 3.63) is 53.2 Å². The molecule has 1 aromatic carbocycles. The van der Waals surface area contributed by atoms with Crippen molar-refractivity contribution in [3.63, 3.8) is 0 Å². The third-order valence-corrected chi connectivity index (χ3v) is 6.49. The second-order valence-corrected chi connectivity index (χ2v) is 8.81. The summed E-state index contributed by atoms with van der Waals surface area (Å²) in [5.74, 6) is -0.496. The molecule has 0 bridgehead atoms. The molecule has 164 valence electrons. The smallest absolute Gasteiger partial charge is 0.265 e. The fourth-order valence-corrected chi connectivity index (χ4v) is 4.52. The Morgan fingerprint density at radius 2 is 1.97 bits per heavy atom. The summed E-state index contributed by atoms with van der Waals surface area (Å²) < 4.78 is 52.8. The lowest BCUT2D eigenvalue weighted by Gasteiger charge is -2.26. The largest absolute Gasteiger partial charge is 0.458 e. The van der Waals surface area contributed by atoms with Gasteiger partial charge in [-0.2, -0.15) is 5.10 Å². The summed E-state index contributed by atoms with van der Waals surface area (Å²) in [6, 6.07) is 5.37. The van der Waals surface area contributed by atoms with Gasteiger partial charge in [0.1, 0.15) is 22.2 Å². The molecule has 2 aromatic heterocycles. The van der Waals surface area contributed by atoms with Crippen LogP contribution in [0.1, 0.15) is 21.7 Å². The number of H-pyrrole nitrogens is 1. The maximum absolute atomic E-state index is 13.8. The van der Waals surface area contributed by atoms with Gasteiger partial charge in [0.05, 0.1) is 30.7 Å². The average molecular weight is 448 g/mol. The van der Waals surface area contributed by atoms with Crippen molar-refractivity contribution in [2.24, 2.45) is 0 Å². The van der Waals surface area contributed by atoms with E-state index in [1.165, 1.54) is 31.3 Å².